The number of benzene rings is 3. The molecule has 2 unspecified atom stereocenters. The van der Waals surface area contributed by atoms with E-state index in [9.17, 15) is 9.59 Å². The van der Waals surface area contributed by atoms with Crippen LogP contribution in [0.5, 0.6) is 0 Å². The van der Waals surface area contributed by atoms with Gasteiger partial charge in [-0.1, -0.05) is 54.1 Å². The second-order valence-electron chi connectivity index (χ2n) is 10.7. The highest BCUT2D eigenvalue weighted by Crippen LogP contribution is 2.32. The number of hydrogen-bond donors (Lipinski definition) is 1. The summed E-state index contributed by atoms with van der Waals surface area (Å²) in [5, 5.41) is 3.35. The molecular formula is C32H35N3O3. The minimum absolute atomic E-state index is 0.0232. The predicted molar refractivity (Wildman–Crippen MR) is 148 cm³/mol. The van der Waals surface area contributed by atoms with Crippen LogP contribution in [0.25, 0.3) is 0 Å². The Hall–Kier alpha value is -3.64. The molecule has 0 bridgehead atoms. The molecule has 0 spiro atoms. The second-order valence-corrected chi connectivity index (χ2v) is 10.7. The number of carbonyl (C=O) groups excluding carboxylic acids is 2. The molecule has 1 fully saturated rings. The SMILES string of the molecule is Cc1ccc2c(c1)C(NC(=O)C1Cc3ccccc3CN1C(=O)c1cccc(N3CCOCC3)c1)CCC2. The molecular weight excluding hydrogens is 474 g/mol. The lowest BCUT2D eigenvalue weighted by molar-refractivity contribution is -0.127. The summed E-state index contributed by atoms with van der Waals surface area (Å²) in [6.07, 6.45) is 3.53. The van der Waals surface area contributed by atoms with E-state index in [0.29, 0.717) is 31.7 Å². The van der Waals surface area contributed by atoms with Crippen molar-refractivity contribution in [1.29, 1.82) is 0 Å². The summed E-state index contributed by atoms with van der Waals surface area (Å²) < 4.78 is 5.50. The van der Waals surface area contributed by atoms with E-state index in [4.69, 9.17) is 4.74 Å². The van der Waals surface area contributed by atoms with E-state index in [1.165, 1.54) is 16.7 Å². The highest BCUT2D eigenvalue weighted by Gasteiger charge is 2.36. The van der Waals surface area contributed by atoms with Gasteiger partial charge in [0.15, 0.2) is 0 Å². The fourth-order valence-electron chi connectivity index (χ4n) is 6.13. The zero-order valence-corrected chi connectivity index (χ0v) is 22.0. The van der Waals surface area contributed by atoms with Gasteiger partial charge in [0.05, 0.1) is 19.3 Å². The van der Waals surface area contributed by atoms with Gasteiger partial charge in [0, 0.05) is 37.3 Å². The Balaban J connectivity index is 1.28. The molecule has 3 aromatic carbocycles. The van der Waals surface area contributed by atoms with Gasteiger partial charge >= 0.3 is 0 Å². The fraction of sp³-hybridized carbons (Fsp3) is 0.375. The predicted octanol–water partition coefficient (Wildman–Crippen LogP) is 4.59. The molecule has 6 nitrogen and oxygen atoms in total. The number of aryl methyl sites for hydroxylation is 2. The molecule has 6 rings (SSSR count). The third-order valence-corrected chi connectivity index (χ3v) is 8.21. The van der Waals surface area contributed by atoms with Crippen molar-refractivity contribution in [1.82, 2.24) is 10.2 Å². The van der Waals surface area contributed by atoms with Crippen LogP contribution in [0.1, 0.15) is 57.1 Å². The first kappa shape index (κ1) is 24.7. The van der Waals surface area contributed by atoms with E-state index in [-0.39, 0.29) is 17.9 Å². The summed E-state index contributed by atoms with van der Waals surface area (Å²) in [5.41, 5.74) is 7.61. The van der Waals surface area contributed by atoms with Crippen LogP contribution in [0.2, 0.25) is 0 Å². The minimum atomic E-state index is -0.556. The van der Waals surface area contributed by atoms with Gasteiger partial charge in [-0.2, -0.15) is 0 Å². The molecule has 38 heavy (non-hydrogen) atoms. The molecule has 6 heteroatoms. The number of hydrogen-bond acceptors (Lipinski definition) is 4. The molecule has 0 aromatic heterocycles. The van der Waals surface area contributed by atoms with Crippen LogP contribution < -0.4 is 10.2 Å². The van der Waals surface area contributed by atoms with Crippen molar-refractivity contribution in [2.75, 3.05) is 31.2 Å². The Bertz CT molecular complexity index is 1350. The minimum Gasteiger partial charge on any atom is -0.378 e. The van der Waals surface area contributed by atoms with Gasteiger partial charge in [0.25, 0.3) is 5.91 Å². The van der Waals surface area contributed by atoms with Crippen LogP contribution in [-0.2, 0) is 28.9 Å². The van der Waals surface area contributed by atoms with Crippen molar-refractivity contribution < 1.29 is 14.3 Å². The molecule has 1 saturated heterocycles. The largest absolute Gasteiger partial charge is 0.378 e. The summed E-state index contributed by atoms with van der Waals surface area (Å²) in [4.78, 5) is 31.9. The van der Waals surface area contributed by atoms with Crippen molar-refractivity contribution in [3.8, 4) is 0 Å². The number of nitrogens with zero attached hydrogens (tertiary/aromatic N) is 2. The maximum Gasteiger partial charge on any atom is 0.254 e. The summed E-state index contributed by atoms with van der Waals surface area (Å²) in [5.74, 6) is -0.175. The van der Waals surface area contributed by atoms with Crippen LogP contribution in [0, 0.1) is 6.92 Å². The van der Waals surface area contributed by atoms with Gasteiger partial charge in [-0.05, 0) is 66.6 Å². The summed E-state index contributed by atoms with van der Waals surface area (Å²) >= 11 is 0. The number of rotatable bonds is 4. The number of carbonyl (C=O) groups is 2. The number of nitrogens with one attached hydrogen (secondary N) is 1. The van der Waals surface area contributed by atoms with Crippen LogP contribution in [0.15, 0.2) is 66.7 Å². The van der Waals surface area contributed by atoms with E-state index >= 15 is 0 Å². The molecule has 3 aliphatic rings. The van der Waals surface area contributed by atoms with Gasteiger partial charge in [-0.3, -0.25) is 9.59 Å². The average molecular weight is 510 g/mol. The number of ether oxygens (including phenoxy) is 1. The molecule has 1 N–H and O–H groups in total. The van der Waals surface area contributed by atoms with Crippen molar-refractivity contribution >= 4 is 17.5 Å². The molecule has 0 radical (unpaired) electrons. The Morgan fingerprint density at radius 2 is 1.74 bits per heavy atom. The van der Waals surface area contributed by atoms with E-state index < -0.39 is 6.04 Å². The van der Waals surface area contributed by atoms with Crippen molar-refractivity contribution in [3.05, 3.63) is 100 Å². The molecule has 196 valence electrons. The van der Waals surface area contributed by atoms with Crippen molar-refractivity contribution in [3.63, 3.8) is 0 Å². The smallest absolute Gasteiger partial charge is 0.254 e. The molecule has 3 aromatic rings. The molecule has 2 aliphatic heterocycles. The maximum atomic E-state index is 14.0. The van der Waals surface area contributed by atoms with Gasteiger partial charge in [-0.15, -0.1) is 0 Å². The standard InChI is InChI=1S/C32H35N3O3/c1-22-12-13-23-8-5-11-29(28(23)18-22)33-31(36)30-20-24-6-2-3-7-26(24)21-35(30)32(37)25-9-4-10-27(19-25)34-14-16-38-17-15-34/h2-4,6-7,9-10,12-13,18-19,29-30H,5,8,11,14-17,20-21H2,1H3,(H,33,36). The first-order valence-electron chi connectivity index (χ1n) is 13.8. The third-order valence-electron chi connectivity index (χ3n) is 8.21. The number of morpholine rings is 1. The van der Waals surface area contributed by atoms with E-state index in [0.717, 1.165) is 49.2 Å². The third kappa shape index (κ3) is 4.93. The maximum absolute atomic E-state index is 14.0. The highest BCUT2D eigenvalue weighted by atomic mass is 16.5. The lowest BCUT2D eigenvalue weighted by Crippen LogP contribution is -2.53. The zero-order chi connectivity index (χ0) is 26.1. The second kappa shape index (κ2) is 10.6. The van der Waals surface area contributed by atoms with Gasteiger partial charge in [0.1, 0.15) is 6.04 Å². The topological polar surface area (TPSA) is 61.9 Å². The molecule has 0 saturated carbocycles. The Kier molecular flexibility index (Phi) is 6.90. The van der Waals surface area contributed by atoms with Gasteiger partial charge in [0.2, 0.25) is 5.91 Å². The first-order chi connectivity index (χ1) is 18.6. The lowest BCUT2D eigenvalue weighted by Gasteiger charge is -2.37. The first-order valence-corrected chi connectivity index (χ1v) is 13.8. The van der Waals surface area contributed by atoms with E-state index in [1.54, 1.807) is 4.90 Å². The Morgan fingerprint density at radius 3 is 2.58 bits per heavy atom. The Morgan fingerprint density at radius 1 is 0.921 bits per heavy atom. The van der Waals surface area contributed by atoms with Crippen LogP contribution in [-0.4, -0.2) is 49.1 Å². The summed E-state index contributed by atoms with van der Waals surface area (Å²) in [6, 6.07) is 21.9. The van der Waals surface area contributed by atoms with E-state index in [1.807, 2.05) is 36.4 Å². The molecule has 2 atom stereocenters. The fourth-order valence-corrected chi connectivity index (χ4v) is 6.13. The van der Waals surface area contributed by atoms with Crippen LogP contribution >= 0.6 is 0 Å². The van der Waals surface area contributed by atoms with Crippen LogP contribution in [0.4, 0.5) is 5.69 Å². The average Bonchev–Trinajstić information content (AvgIpc) is 2.97. The van der Waals surface area contributed by atoms with E-state index in [2.05, 4.69) is 47.5 Å². The number of anilines is 1. The summed E-state index contributed by atoms with van der Waals surface area (Å²) in [7, 11) is 0. The molecule has 2 amide bonds. The van der Waals surface area contributed by atoms with Gasteiger partial charge in [-0.25, -0.2) is 0 Å². The summed E-state index contributed by atoms with van der Waals surface area (Å²) in [6.45, 7) is 5.51. The lowest BCUT2D eigenvalue weighted by atomic mass is 9.86. The van der Waals surface area contributed by atoms with Gasteiger partial charge < -0.3 is 19.9 Å². The molecule has 1 aliphatic carbocycles. The normalized spacial score (nSPS) is 20.9. The highest BCUT2D eigenvalue weighted by molar-refractivity contribution is 5.98. The molecule has 2 heterocycles. The van der Waals surface area contributed by atoms with Crippen molar-refractivity contribution in [2.24, 2.45) is 0 Å². The zero-order valence-electron chi connectivity index (χ0n) is 22.0. The van der Waals surface area contributed by atoms with Crippen LogP contribution in [0.3, 0.4) is 0 Å². The monoisotopic (exact) mass is 509 g/mol. The quantitative estimate of drug-likeness (QED) is 0.559. The number of amides is 2. The number of fused-ring (bicyclic) bond motifs is 2. The Labute approximate surface area is 224 Å². The van der Waals surface area contributed by atoms with Crippen molar-refractivity contribution in [2.45, 2.75) is 51.2 Å².